The zero-order chi connectivity index (χ0) is 12.5. The van der Waals surface area contributed by atoms with Crippen LogP contribution in [0.15, 0.2) is 11.3 Å². The summed E-state index contributed by atoms with van der Waals surface area (Å²) < 4.78 is 11.0. The Morgan fingerprint density at radius 2 is 2.00 bits per heavy atom. The van der Waals surface area contributed by atoms with Gasteiger partial charge < -0.3 is 20.1 Å². The minimum atomic E-state index is -0.655. The zero-order valence-corrected chi connectivity index (χ0v) is 9.96. The van der Waals surface area contributed by atoms with E-state index in [1.165, 1.54) is 0 Å². The third-order valence-corrected chi connectivity index (χ3v) is 2.70. The normalized spacial score (nSPS) is 29.3. The van der Waals surface area contributed by atoms with E-state index in [1.807, 2.05) is 13.8 Å². The summed E-state index contributed by atoms with van der Waals surface area (Å²) in [6.45, 7) is 4.42. The van der Waals surface area contributed by atoms with E-state index in [2.05, 4.69) is 10.6 Å². The first-order valence-electron chi connectivity index (χ1n) is 5.56. The maximum atomic E-state index is 11.6. The molecule has 0 saturated carbocycles. The second-order valence-electron chi connectivity index (χ2n) is 4.50. The van der Waals surface area contributed by atoms with E-state index in [4.69, 9.17) is 9.47 Å². The number of hydrogen-bond acceptors (Lipinski definition) is 4. The topological polar surface area (TPSA) is 76.7 Å². The third-order valence-electron chi connectivity index (χ3n) is 2.70. The lowest BCUT2D eigenvalue weighted by atomic mass is 10.1. The molecular weight excluding hydrogens is 224 g/mol. The highest BCUT2D eigenvalue weighted by atomic mass is 16.7. The molecule has 0 bridgehead atoms. The highest BCUT2D eigenvalue weighted by Gasteiger charge is 2.28. The standard InChI is InChI=1S/C11H16N2O4/c1-11(2)16-4-3-7(6-17-11)9-10(15)12-5-8(14)13-9/h3-6H2,1-2H3,(H,12,15)(H,13,14)/b9-7-. The number of ether oxygens (including phenoxy) is 2. The van der Waals surface area contributed by atoms with Crippen LogP contribution in [0.4, 0.5) is 0 Å². The van der Waals surface area contributed by atoms with Crippen molar-refractivity contribution in [3.05, 3.63) is 11.3 Å². The molecule has 0 aromatic carbocycles. The molecule has 0 aromatic heterocycles. The van der Waals surface area contributed by atoms with Gasteiger partial charge in [-0.2, -0.15) is 0 Å². The highest BCUT2D eigenvalue weighted by molar-refractivity contribution is 6.03. The van der Waals surface area contributed by atoms with E-state index in [0.29, 0.717) is 18.7 Å². The Hall–Kier alpha value is -1.40. The van der Waals surface area contributed by atoms with Gasteiger partial charge in [0.05, 0.1) is 19.8 Å². The third kappa shape index (κ3) is 2.83. The van der Waals surface area contributed by atoms with Crippen molar-refractivity contribution in [3.63, 3.8) is 0 Å². The number of piperazine rings is 1. The lowest BCUT2D eigenvalue weighted by Crippen LogP contribution is -2.48. The second kappa shape index (κ2) is 4.46. The molecular formula is C11H16N2O4. The minimum absolute atomic E-state index is 0.0263. The summed E-state index contributed by atoms with van der Waals surface area (Å²) in [7, 11) is 0. The number of carbonyl (C=O) groups excluding carboxylic acids is 2. The molecule has 2 N–H and O–H groups in total. The van der Waals surface area contributed by atoms with Gasteiger partial charge in [0, 0.05) is 0 Å². The van der Waals surface area contributed by atoms with Crippen molar-refractivity contribution >= 4 is 11.8 Å². The molecule has 0 aromatic rings. The van der Waals surface area contributed by atoms with Gasteiger partial charge in [-0.25, -0.2) is 0 Å². The van der Waals surface area contributed by atoms with Gasteiger partial charge in [0.1, 0.15) is 5.70 Å². The predicted molar refractivity (Wildman–Crippen MR) is 58.8 cm³/mol. The van der Waals surface area contributed by atoms with Gasteiger partial charge in [-0.1, -0.05) is 0 Å². The van der Waals surface area contributed by atoms with Gasteiger partial charge in [-0.15, -0.1) is 0 Å². The first kappa shape index (κ1) is 12.1. The largest absolute Gasteiger partial charge is 0.350 e. The lowest BCUT2D eigenvalue weighted by molar-refractivity contribution is -0.197. The molecule has 0 atom stereocenters. The highest BCUT2D eigenvalue weighted by Crippen LogP contribution is 2.21. The fraction of sp³-hybridized carbons (Fsp3) is 0.636. The van der Waals surface area contributed by atoms with Crippen LogP contribution in [0.2, 0.25) is 0 Å². The van der Waals surface area contributed by atoms with Crippen LogP contribution < -0.4 is 10.6 Å². The van der Waals surface area contributed by atoms with Crippen LogP contribution in [0.1, 0.15) is 20.3 Å². The van der Waals surface area contributed by atoms with Gasteiger partial charge in [0.25, 0.3) is 5.91 Å². The molecule has 2 aliphatic heterocycles. The Balaban J connectivity index is 2.19. The van der Waals surface area contributed by atoms with E-state index < -0.39 is 5.79 Å². The van der Waals surface area contributed by atoms with Crippen molar-refractivity contribution in [2.75, 3.05) is 19.8 Å². The number of amides is 2. The molecule has 2 fully saturated rings. The summed E-state index contributed by atoms with van der Waals surface area (Å²) in [5, 5.41) is 5.10. The molecule has 17 heavy (non-hydrogen) atoms. The van der Waals surface area contributed by atoms with Crippen LogP contribution in [0.5, 0.6) is 0 Å². The number of rotatable bonds is 0. The molecule has 6 nitrogen and oxygen atoms in total. The summed E-state index contributed by atoms with van der Waals surface area (Å²) in [6.07, 6.45) is 0.576. The van der Waals surface area contributed by atoms with Crippen molar-refractivity contribution < 1.29 is 19.1 Å². The quantitative estimate of drug-likeness (QED) is 0.568. The Labute approximate surface area is 99.3 Å². The van der Waals surface area contributed by atoms with Crippen molar-refractivity contribution in [1.82, 2.24) is 10.6 Å². The molecule has 2 heterocycles. The van der Waals surface area contributed by atoms with Gasteiger partial charge in [0.2, 0.25) is 5.91 Å². The fourth-order valence-corrected chi connectivity index (χ4v) is 1.73. The van der Waals surface area contributed by atoms with Crippen molar-refractivity contribution in [3.8, 4) is 0 Å². The molecule has 2 saturated heterocycles. The predicted octanol–water partition coefficient (Wildman–Crippen LogP) is -0.340. The molecule has 2 aliphatic rings. The van der Waals surface area contributed by atoms with Crippen molar-refractivity contribution in [2.45, 2.75) is 26.1 Å². The van der Waals surface area contributed by atoms with E-state index in [0.717, 1.165) is 5.57 Å². The molecule has 0 aliphatic carbocycles. The van der Waals surface area contributed by atoms with Gasteiger partial charge in [-0.3, -0.25) is 9.59 Å². The molecule has 6 heteroatoms. The monoisotopic (exact) mass is 240 g/mol. The Kier molecular flexibility index (Phi) is 3.17. The van der Waals surface area contributed by atoms with Crippen molar-refractivity contribution in [2.24, 2.45) is 0 Å². The lowest BCUT2D eigenvalue weighted by Gasteiger charge is -2.22. The van der Waals surface area contributed by atoms with E-state index in [1.54, 1.807) is 0 Å². The van der Waals surface area contributed by atoms with Crippen molar-refractivity contribution in [1.29, 1.82) is 0 Å². The number of carbonyl (C=O) groups is 2. The molecule has 0 unspecified atom stereocenters. The van der Waals surface area contributed by atoms with Crippen LogP contribution in [-0.2, 0) is 19.1 Å². The smallest absolute Gasteiger partial charge is 0.268 e. The SMILES string of the molecule is CC1(C)OCC/C(=C2/NC(=O)CNC2=O)CO1. The summed E-state index contributed by atoms with van der Waals surface area (Å²) in [6, 6.07) is 0. The summed E-state index contributed by atoms with van der Waals surface area (Å²) in [5.74, 6) is -1.13. The van der Waals surface area contributed by atoms with Crippen LogP contribution in [0, 0.1) is 0 Å². The summed E-state index contributed by atoms with van der Waals surface area (Å²) in [4.78, 5) is 22.9. The maximum absolute atomic E-state index is 11.6. The van der Waals surface area contributed by atoms with E-state index >= 15 is 0 Å². The first-order chi connectivity index (χ1) is 7.98. The average molecular weight is 240 g/mol. The Bertz CT molecular complexity index is 387. The minimum Gasteiger partial charge on any atom is -0.350 e. The first-order valence-corrected chi connectivity index (χ1v) is 5.56. The summed E-state index contributed by atoms with van der Waals surface area (Å²) in [5.41, 5.74) is 1.07. The van der Waals surface area contributed by atoms with E-state index in [9.17, 15) is 9.59 Å². The molecule has 0 radical (unpaired) electrons. The van der Waals surface area contributed by atoms with Gasteiger partial charge in [-0.05, 0) is 25.8 Å². The van der Waals surface area contributed by atoms with E-state index in [-0.39, 0.29) is 25.0 Å². The van der Waals surface area contributed by atoms with Gasteiger partial charge in [0.15, 0.2) is 5.79 Å². The Morgan fingerprint density at radius 3 is 2.76 bits per heavy atom. The fourth-order valence-electron chi connectivity index (χ4n) is 1.73. The molecule has 2 amide bonds. The van der Waals surface area contributed by atoms with Gasteiger partial charge >= 0.3 is 0 Å². The van der Waals surface area contributed by atoms with Crippen LogP contribution in [0.25, 0.3) is 0 Å². The van der Waals surface area contributed by atoms with Crippen LogP contribution in [-0.4, -0.2) is 37.4 Å². The zero-order valence-electron chi connectivity index (χ0n) is 9.96. The van der Waals surface area contributed by atoms with Crippen LogP contribution >= 0.6 is 0 Å². The second-order valence-corrected chi connectivity index (χ2v) is 4.50. The Morgan fingerprint density at radius 1 is 1.24 bits per heavy atom. The summed E-state index contributed by atoms with van der Waals surface area (Å²) >= 11 is 0. The molecule has 94 valence electrons. The molecule has 0 spiro atoms. The maximum Gasteiger partial charge on any atom is 0.268 e. The molecule has 2 rings (SSSR count). The number of hydrogen-bond donors (Lipinski definition) is 2. The number of nitrogens with one attached hydrogen (secondary N) is 2. The average Bonchev–Trinajstić information content (AvgIpc) is 2.43. The van der Waals surface area contributed by atoms with Crippen LogP contribution in [0.3, 0.4) is 0 Å².